The number of rotatable bonds is 0. The molecule has 0 aliphatic carbocycles. The topological polar surface area (TPSA) is 43.0 Å². The summed E-state index contributed by atoms with van der Waals surface area (Å²) in [5, 5.41) is 0.278. The van der Waals surface area contributed by atoms with Gasteiger partial charge in [0.2, 0.25) is 5.52 Å². The van der Waals surface area contributed by atoms with E-state index >= 15 is 0 Å². The molecule has 0 aliphatic heterocycles. The minimum Gasteiger partial charge on any atom is -0.360 e. The van der Waals surface area contributed by atoms with Crippen molar-refractivity contribution in [2.75, 3.05) is 0 Å². The summed E-state index contributed by atoms with van der Waals surface area (Å²) in [6.07, 6.45) is 1.38. The molecule has 2 rings (SSSR count). The fraction of sp³-hybridized carbons (Fsp3) is 0.111. The van der Waals surface area contributed by atoms with Gasteiger partial charge in [0, 0.05) is 0 Å². The van der Waals surface area contributed by atoms with Crippen molar-refractivity contribution in [2.45, 2.75) is 6.92 Å². The van der Waals surface area contributed by atoms with Crippen LogP contribution < -0.4 is 0 Å². The molecular formula is C9H5ClN4. The first-order valence-electron chi connectivity index (χ1n) is 3.87. The van der Waals surface area contributed by atoms with E-state index in [1.165, 1.54) is 6.33 Å². The van der Waals surface area contributed by atoms with Crippen molar-refractivity contribution in [1.82, 2.24) is 15.0 Å². The molecule has 0 fully saturated rings. The molecular weight excluding hydrogens is 200 g/mol. The van der Waals surface area contributed by atoms with Gasteiger partial charge in [-0.25, -0.2) is 9.97 Å². The zero-order chi connectivity index (χ0) is 10.1. The number of hydrogen-bond acceptors (Lipinski definition) is 3. The van der Waals surface area contributed by atoms with Gasteiger partial charge in [0.15, 0.2) is 5.15 Å². The number of aryl methyl sites for hydroxylation is 1. The highest BCUT2D eigenvalue weighted by molar-refractivity contribution is 6.33. The van der Waals surface area contributed by atoms with Crippen LogP contribution in [0.4, 0.5) is 5.82 Å². The molecule has 0 aromatic carbocycles. The first kappa shape index (κ1) is 8.85. The van der Waals surface area contributed by atoms with E-state index < -0.39 is 0 Å². The Balaban J connectivity index is 2.89. The molecule has 2 heterocycles. The number of pyridine rings is 1. The van der Waals surface area contributed by atoms with Gasteiger partial charge in [-0.1, -0.05) is 18.2 Å². The number of aromatic nitrogens is 3. The molecule has 2 aromatic heterocycles. The SMILES string of the molecule is [C-]#[N+]c1nc2c(Cl)ncnc2cc1C. The monoisotopic (exact) mass is 204 g/mol. The van der Waals surface area contributed by atoms with Crippen molar-refractivity contribution in [3.8, 4) is 0 Å². The van der Waals surface area contributed by atoms with E-state index in [0.29, 0.717) is 16.9 Å². The number of fused-ring (bicyclic) bond motifs is 1. The molecule has 0 N–H and O–H groups in total. The van der Waals surface area contributed by atoms with E-state index in [-0.39, 0.29) is 5.15 Å². The van der Waals surface area contributed by atoms with Gasteiger partial charge in [-0.2, -0.15) is 0 Å². The van der Waals surface area contributed by atoms with Crippen LogP contribution in [-0.2, 0) is 0 Å². The van der Waals surface area contributed by atoms with Crippen molar-refractivity contribution >= 4 is 28.5 Å². The van der Waals surface area contributed by atoms with Crippen LogP contribution >= 0.6 is 11.6 Å². The second kappa shape index (κ2) is 3.20. The Morgan fingerprint density at radius 1 is 1.43 bits per heavy atom. The van der Waals surface area contributed by atoms with Gasteiger partial charge in [-0.05, 0) is 18.6 Å². The van der Waals surface area contributed by atoms with Gasteiger partial charge in [0.25, 0.3) is 5.82 Å². The molecule has 0 atom stereocenters. The van der Waals surface area contributed by atoms with Crippen LogP contribution in [0.2, 0.25) is 5.15 Å². The molecule has 0 saturated carbocycles. The standard InChI is InChI=1S/C9H5ClN4/c1-5-3-6-7(14-9(5)11-2)8(10)13-4-12-6/h3-4H,1H3. The molecule has 14 heavy (non-hydrogen) atoms. The van der Waals surface area contributed by atoms with Crippen LogP contribution in [0.5, 0.6) is 0 Å². The molecule has 68 valence electrons. The summed E-state index contributed by atoms with van der Waals surface area (Å²) >= 11 is 5.82. The maximum atomic E-state index is 6.91. The average Bonchev–Trinajstić information content (AvgIpc) is 2.17. The van der Waals surface area contributed by atoms with Crippen LogP contribution in [0.1, 0.15) is 5.56 Å². The van der Waals surface area contributed by atoms with Crippen molar-refractivity contribution in [2.24, 2.45) is 0 Å². The minimum atomic E-state index is 0.278. The Hall–Kier alpha value is -1.73. The van der Waals surface area contributed by atoms with E-state index in [9.17, 15) is 0 Å². The summed E-state index contributed by atoms with van der Waals surface area (Å²) in [6.45, 7) is 8.72. The molecule has 4 nitrogen and oxygen atoms in total. The Bertz CT molecular complexity index is 544. The predicted octanol–water partition coefficient (Wildman–Crippen LogP) is 2.54. The molecule has 0 radical (unpaired) electrons. The average molecular weight is 205 g/mol. The normalized spacial score (nSPS) is 10.1. The highest BCUT2D eigenvalue weighted by Gasteiger charge is 2.10. The minimum absolute atomic E-state index is 0.278. The predicted molar refractivity (Wildman–Crippen MR) is 53.3 cm³/mol. The molecule has 0 bridgehead atoms. The number of nitrogens with zero attached hydrogens (tertiary/aromatic N) is 4. The molecule has 0 saturated heterocycles. The third-order valence-corrected chi connectivity index (χ3v) is 2.11. The van der Waals surface area contributed by atoms with E-state index in [4.69, 9.17) is 18.2 Å². The van der Waals surface area contributed by atoms with Crippen LogP contribution in [0.15, 0.2) is 12.4 Å². The van der Waals surface area contributed by atoms with Crippen molar-refractivity contribution < 1.29 is 0 Å². The first-order chi connectivity index (χ1) is 6.72. The molecule has 2 aromatic rings. The van der Waals surface area contributed by atoms with Gasteiger partial charge >= 0.3 is 0 Å². The van der Waals surface area contributed by atoms with Gasteiger partial charge in [-0.3, -0.25) is 0 Å². The largest absolute Gasteiger partial charge is 0.360 e. The Kier molecular flexibility index (Phi) is 2.02. The van der Waals surface area contributed by atoms with E-state index in [1.807, 2.05) is 6.92 Å². The van der Waals surface area contributed by atoms with E-state index in [0.717, 1.165) is 5.56 Å². The molecule has 0 aliphatic rings. The lowest BCUT2D eigenvalue weighted by Crippen LogP contribution is -1.88. The lowest BCUT2D eigenvalue weighted by molar-refractivity contribution is 1.19. The van der Waals surface area contributed by atoms with E-state index in [1.54, 1.807) is 6.07 Å². The third-order valence-electron chi connectivity index (χ3n) is 1.84. The second-order valence-corrected chi connectivity index (χ2v) is 3.13. The van der Waals surface area contributed by atoms with Crippen LogP contribution in [0.3, 0.4) is 0 Å². The summed E-state index contributed by atoms with van der Waals surface area (Å²) in [6, 6.07) is 1.78. The van der Waals surface area contributed by atoms with Crippen LogP contribution in [0.25, 0.3) is 15.9 Å². The maximum Gasteiger partial charge on any atom is 0.273 e. The molecule has 0 spiro atoms. The maximum absolute atomic E-state index is 6.91. The fourth-order valence-electron chi connectivity index (χ4n) is 1.16. The van der Waals surface area contributed by atoms with Crippen LogP contribution in [0, 0.1) is 13.5 Å². The van der Waals surface area contributed by atoms with Gasteiger partial charge in [0.05, 0.1) is 0 Å². The molecule has 5 heteroatoms. The summed E-state index contributed by atoms with van der Waals surface area (Å²) < 4.78 is 0. The summed E-state index contributed by atoms with van der Waals surface area (Å²) in [7, 11) is 0. The van der Waals surface area contributed by atoms with Crippen molar-refractivity contribution in [3.05, 3.63) is 34.5 Å². The Morgan fingerprint density at radius 2 is 2.21 bits per heavy atom. The van der Waals surface area contributed by atoms with Crippen molar-refractivity contribution in [3.63, 3.8) is 0 Å². The number of hydrogen-bond donors (Lipinski definition) is 0. The van der Waals surface area contributed by atoms with Gasteiger partial charge in [0.1, 0.15) is 11.8 Å². The zero-order valence-corrected chi connectivity index (χ0v) is 8.08. The Labute approximate surface area is 85.4 Å². The molecule has 0 amide bonds. The lowest BCUT2D eigenvalue weighted by atomic mass is 10.2. The summed E-state index contributed by atoms with van der Waals surface area (Å²) in [4.78, 5) is 15.2. The highest BCUT2D eigenvalue weighted by atomic mass is 35.5. The fourth-order valence-corrected chi connectivity index (χ4v) is 1.34. The first-order valence-corrected chi connectivity index (χ1v) is 4.25. The molecule has 0 unspecified atom stereocenters. The zero-order valence-electron chi connectivity index (χ0n) is 7.32. The van der Waals surface area contributed by atoms with E-state index in [2.05, 4.69) is 19.8 Å². The quantitative estimate of drug-likeness (QED) is 0.489. The van der Waals surface area contributed by atoms with Crippen molar-refractivity contribution in [1.29, 1.82) is 0 Å². The van der Waals surface area contributed by atoms with Crippen LogP contribution in [-0.4, -0.2) is 15.0 Å². The highest BCUT2D eigenvalue weighted by Crippen LogP contribution is 2.23. The lowest BCUT2D eigenvalue weighted by Gasteiger charge is -1.98. The summed E-state index contributed by atoms with van der Waals surface area (Å²) in [5.41, 5.74) is 1.93. The third kappa shape index (κ3) is 1.28. The van der Waals surface area contributed by atoms with Gasteiger partial charge < -0.3 is 4.85 Å². The van der Waals surface area contributed by atoms with Gasteiger partial charge in [-0.15, -0.1) is 4.98 Å². The number of halogens is 1. The summed E-state index contributed by atoms with van der Waals surface area (Å²) in [5.74, 6) is 0.342. The Morgan fingerprint density at radius 3 is 2.93 bits per heavy atom. The smallest absolute Gasteiger partial charge is 0.273 e. The second-order valence-electron chi connectivity index (χ2n) is 2.77.